The van der Waals surface area contributed by atoms with E-state index in [4.69, 9.17) is 10.5 Å². The maximum Gasteiger partial charge on any atom is 0.320 e. The van der Waals surface area contributed by atoms with Crippen LogP contribution in [0.2, 0.25) is 0 Å². The van der Waals surface area contributed by atoms with Gasteiger partial charge in [0.15, 0.2) is 0 Å². The van der Waals surface area contributed by atoms with Gasteiger partial charge in [-0.2, -0.15) is 0 Å². The molecule has 0 aliphatic carbocycles. The number of carbonyl (C=O) groups excluding carboxylic acids is 1. The highest BCUT2D eigenvalue weighted by Crippen LogP contribution is 2.41. The van der Waals surface area contributed by atoms with E-state index in [-0.39, 0.29) is 5.97 Å². The van der Waals surface area contributed by atoms with Crippen molar-refractivity contribution in [2.45, 2.75) is 26.4 Å². The number of ether oxygens (including phenoxy) is 1. The second-order valence-electron chi connectivity index (χ2n) is 7.53. The normalized spacial score (nSPS) is 20.4. The zero-order valence-corrected chi connectivity index (χ0v) is 13.5. The Kier molecular flexibility index (Phi) is 3.51. The average molecular weight is 304 g/mol. The first-order chi connectivity index (χ1) is 10.2. The fraction of sp³-hybridized carbons (Fsp3) is 0.625. The van der Waals surface area contributed by atoms with Crippen molar-refractivity contribution in [1.29, 1.82) is 0 Å². The Bertz CT molecular complexity index is 551. The smallest absolute Gasteiger partial charge is 0.320 e. The van der Waals surface area contributed by atoms with E-state index in [0.717, 1.165) is 31.9 Å². The van der Waals surface area contributed by atoms with Gasteiger partial charge in [0, 0.05) is 31.6 Å². The molecule has 1 aromatic rings. The van der Waals surface area contributed by atoms with E-state index >= 15 is 0 Å². The standard InChI is InChI=1S/C16H24N4O2/c1-15(2,3)22-14(21)7-19-8-16(9-19)10-20(11-16)12-4-5-13(17)18-6-12/h4-6H,7-11H2,1-3H3,(H2,17,18). The number of carbonyl (C=O) groups is 1. The summed E-state index contributed by atoms with van der Waals surface area (Å²) in [7, 11) is 0. The zero-order chi connectivity index (χ0) is 16.0. The van der Waals surface area contributed by atoms with E-state index in [1.807, 2.05) is 39.1 Å². The Balaban J connectivity index is 1.43. The zero-order valence-electron chi connectivity index (χ0n) is 13.5. The van der Waals surface area contributed by atoms with Gasteiger partial charge in [-0.1, -0.05) is 0 Å². The highest BCUT2D eigenvalue weighted by atomic mass is 16.6. The van der Waals surface area contributed by atoms with E-state index in [1.54, 1.807) is 0 Å². The van der Waals surface area contributed by atoms with Gasteiger partial charge in [0.25, 0.3) is 0 Å². The lowest BCUT2D eigenvalue weighted by molar-refractivity contribution is -0.160. The van der Waals surface area contributed by atoms with Gasteiger partial charge in [-0.3, -0.25) is 9.69 Å². The number of nitrogen functional groups attached to an aromatic ring is 1. The molecule has 6 nitrogen and oxygen atoms in total. The summed E-state index contributed by atoms with van der Waals surface area (Å²) in [5.74, 6) is 0.410. The predicted molar refractivity (Wildman–Crippen MR) is 85.6 cm³/mol. The van der Waals surface area contributed by atoms with E-state index in [2.05, 4.69) is 14.8 Å². The van der Waals surface area contributed by atoms with Crippen LogP contribution in [0.1, 0.15) is 20.8 Å². The van der Waals surface area contributed by atoms with Crippen LogP contribution in [-0.4, -0.2) is 54.2 Å². The minimum Gasteiger partial charge on any atom is -0.459 e. The summed E-state index contributed by atoms with van der Waals surface area (Å²) in [6.07, 6.45) is 1.82. The van der Waals surface area contributed by atoms with Crippen molar-refractivity contribution in [1.82, 2.24) is 9.88 Å². The van der Waals surface area contributed by atoms with E-state index < -0.39 is 5.60 Å². The first-order valence-electron chi connectivity index (χ1n) is 7.65. The van der Waals surface area contributed by atoms with E-state index in [0.29, 0.717) is 17.8 Å². The second-order valence-corrected chi connectivity index (χ2v) is 7.53. The number of pyridine rings is 1. The maximum absolute atomic E-state index is 11.8. The van der Waals surface area contributed by atoms with Crippen LogP contribution in [0, 0.1) is 5.41 Å². The summed E-state index contributed by atoms with van der Waals surface area (Å²) in [4.78, 5) is 20.4. The third-order valence-electron chi connectivity index (χ3n) is 4.08. The van der Waals surface area contributed by atoms with Crippen molar-refractivity contribution in [3.05, 3.63) is 18.3 Å². The molecule has 2 saturated heterocycles. The summed E-state index contributed by atoms with van der Waals surface area (Å²) in [6, 6.07) is 3.84. The van der Waals surface area contributed by atoms with Gasteiger partial charge < -0.3 is 15.4 Å². The van der Waals surface area contributed by atoms with Crippen LogP contribution in [0.4, 0.5) is 11.5 Å². The van der Waals surface area contributed by atoms with Gasteiger partial charge in [-0.05, 0) is 32.9 Å². The molecule has 0 unspecified atom stereocenters. The number of nitrogens with zero attached hydrogens (tertiary/aromatic N) is 3. The fourth-order valence-electron chi connectivity index (χ4n) is 3.30. The molecule has 6 heteroatoms. The highest BCUT2D eigenvalue weighted by molar-refractivity contribution is 5.72. The minimum atomic E-state index is -0.408. The number of esters is 1. The van der Waals surface area contributed by atoms with Gasteiger partial charge >= 0.3 is 5.97 Å². The van der Waals surface area contributed by atoms with E-state index in [1.165, 1.54) is 0 Å². The number of nitrogens with two attached hydrogens (primary N) is 1. The third-order valence-corrected chi connectivity index (χ3v) is 4.08. The highest BCUT2D eigenvalue weighted by Gasteiger charge is 2.52. The number of anilines is 2. The van der Waals surface area contributed by atoms with Crippen LogP contribution in [0.25, 0.3) is 0 Å². The van der Waals surface area contributed by atoms with Crippen molar-refractivity contribution < 1.29 is 9.53 Å². The molecular weight excluding hydrogens is 280 g/mol. The fourth-order valence-corrected chi connectivity index (χ4v) is 3.30. The van der Waals surface area contributed by atoms with Crippen LogP contribution in [0.5, 0.6) is 0 Å². The third kappa shape index (κ3) is 3.16. The Morgan fingerprint density at radius 3 is 2.55 bits per heavy atom. The number of rotatable bonds is 3. The molecule has 2 N–H and O–H groups in total. The molecule has 1 spiro atoms. The summed E-state index contributed by atoms with van der Waals surface area (Å²) in [5, 5.41) is 0. The quantitative estimate of drug-likeness (QED) is 0.844. The maximum atomic E-state index is 11.8. The molecule has 0 bridgehead atoms. The van der Waals surface area contributed by atoms with Crippen molar-refractivity contribution in [2.24, 2.45) is 5.41 Å². The van der Waals surface area contributed by atoms with Gasteiger partial charge in [0.2, 0.25) is 0 Å². The van der Waals surface area contributed by atoms with Crippen LogP contribution in [0.3, 0.4) is 0 Å². The summed E-state index contributed by atoms with van der Waals surface area (Å²) >= 11 is 0. The van der Waals surface area contributed by atoms with Crippen molar-refractivity contribution in [2.75, 3.05) is 43.4 Å². The molecular formula is C16H24N4O2. The molecule has 1 aromatic heterocycles. The largest absolute Gasteiger partial charge is 0.459 e. The van der Waals surface area contributed by atoms with Crippen molar-refractivity contribution in [3.63, 3.8) is 0 Å². The molecule has 0 aromatic carbocycles. The van der Waals surface area contributed by atoms with Gasteiger partial charge in [-0.15, -0.1) is 0 Å². The van der Waals surface area contributed by atoms with Gasteiger partial charge in [0.1, 0.15) is 11.4 Å². The van der Waals surface area contributed by atoms with E-state index in [9.17, 15) is 4.79 Å². The minimum absolute atomic E-state index is 0.138. The van der Waals surface area contributed by atoms with Crippen LogP contribution < -0.4 is 10.6 Å². The SMILES string of the molecule is CC(C)(C)OC(=O)CN1CC2(C1)CN(c1ccc(N)nc1)C2. The molecule has 2 aliphatic heterocycles. The summed E-state index contributed by atoms with van der Waals surface area (Å²) in [6.45, 7) is 10.0. The topological polar surface area (TPSA) is 71.7 Å². The van der Waals surface area contributed by atoms with Crippen molar-refractivity contribution in [3.8, 4) is 0 Å². The summed E-state index contributed by atoms with van der Waals surface area (Å²) in [5.41, 5.74) is 6.65. The Hall–Kier alpha value is -1.82. The Labute approximate surface area is 131 Å². The molecule has 3 rings (SSSR count). The number of likely N-dealkylation sites (tertiary alicyclic amines) is 1. The van der Waals surface area contributed by atoms with Gasteiger partial charge in [-0.25, -0.2) is 4.98 Å². The van der Waals surface area contributed by atoms with Crippen LogP contribution in [0.15, 0.2) is 18.3 Å². The molecule has 0 amide bonds. The number of hydrogen-bond donors (Lipinski definition) is 1. The molecule has 3 heterocycles. The molecule has 0 saturated carbocycles. The molecule has 0 atom stereocenters. The molecule has 2 fully saturated rings. The molecule has 22 heavy (non-hydrogen) atoms. The second kappa shape index (κ2) is 5.12. The lowest BCUT2D eigenvalue weighted by Gasteiger charge is -2.60. The van der Waals surface area contributed by atoms with Crippen LogP contribution >= 0.6 is 0 Å². The average Bonchev–Trinajstić information content (AvgIpc) is 2.29. The first-order valence-corrected chi connectivity index (χ1v) is 7.65. The summed E-state index contributed by atoms with van der Waals surface area (Å²) < 4.78 is 5.35. The predicted octanol–water partition coefficient (Wildman–Crippen LogP) is 1.13. The lowest BCUT2D eigenvalue weighted by atomic mass is 9.72. The number of aromatic nitrogens is 1. The van der Waals surface area contributed by atoms with Crippen molar-refractivity contribution >= 4 is 17.5 Å². The monoisotopic (exact) mass is 304 g/mol. The van der Waals surface area contributed by atoms with Crippen LogP contribution in [-0.2, 0) is 9.53 Å². The Morgan fingerprint density at radius 1 is 1.32 bits per heavy atom. The molecule has 120 valence electrons. The lowest BCUT2D eigenvalue weighted by Crippen LogP contribution is -2.72. The molecule has 2 aliphatic rings. The number of hydrogen-bond acceptors (Lipinski definition) is 6. The van der Waals surface area contributed by atoms with Gasteiger partial charge in [0.05, 0.1) is 18.4 Å². The Morgan fingerprint density at radius 2 is 2.00 bits per heavy atom. The first kappa shape index (κ1) is 15.1. The molecule has 0 radical (unpaired) electrons.